The van der Waals surface area contributed by atoms with E-state index in [-0.39, 0.29) is 6.04 Å². The third-order valence-electron chi connectivity index (χ3n) is 3.20. The topological polar surface area (TPSA) is 27.8 Å². The van der Waals surface area contributed by atoms with Gasteiger partial charge in [0.15, 0.2) is 0 Å². The summed E-state index contributed by atoms with van der Waals surface area (Å²) in [7, 11) is 0. The fraction of sp³-hybridized carbons (Fsp3) is 0.429. The van der Waals surface area contributed by atoms with Crippen LogP contribution in [0.15, 0.2) is 12.1 Å². The number of fused-ring (bicyclic) bond motifs is 1. The van der Waals surface area contributed by atoms with Crippen LogP contribution in [-0.4, -0.2) is 11.5 Å². The summed E-state index contributed by atoms with van der Waals surface area (Å²) in [5.41, 5.74) is 3.37. The Morgan fingerprint density at radius 2 is 2.06 bits per heavy atom. The third kappa shape index (κ3) is 2.51. The second-order valence-corrected chi connectivity index (χ2v) is 5.49. The van der Waals surface area contributed by atoms with Crippen molar-refractivity contribution in [1.29, 1.82) is 0 Å². The van der Waals surface area contributed by atoms with E-state index in [0.29, 0.717) is 10.0 Å². The maximum absolute atomic E-state index is 6.22. The van der Waals surface area contributed by atoms with Crippen LogP contribution in [0, 0.1) is 6.92 Å². The monoisotopic (exact) mass is 284 g/mol. The summed E-state index contributed by atoms with van der Waals surface area (Å²) in [6.07, 6.45) is 1.12. The summed E-state index contributed by atoms with van der Waals surface area (Å²) in [4.78, 5) is 3.35. The minimum atomic E-state index is 0.285. The van der Waals surface area contributed by atoms with Crippen molar-refractivity contribution in [3.63, 3.8) is 0 Å². The maximum atomic E-state index is 6.22. The molecule has 0 aliphatic rings. The summed E-state index contributed by atoms with van der Waals surface area (Å²) in [6, 6.07) is 4.04. The number of H-pyrrole nitrogens is 1. The SMILES string of the molecule is CCCNC(C)c1c(C)[nH]c2c(Cl)cc(Cl)cc12. The Morgan fingerprint density at radius 1 is 1.33 bits per heavy atom. The van der Waals surface area contributed by atoms with Crippen LogP contribution in [-0.2, 0) is 0 Å². The van der Waals surface area contributed by atoms with Gasteiger partial charge in [-0.1, -0.05) is 30.1 Å². The van der Waals surface area contributed by atoms with Crippen molar-refractivity contribution < 1.29 is 0 Å². The summed E-state index contributed by atoms with van der Waals surface area (Å²) in [5.74, 6) is 0. The molecule has 2 N–H and O–H groups in total. The second-order valence-electron chi connectivity index (χ2n) is 4.65. The van der Waals surface area contributed by atoms with Gasteiger partial charge in [0.1, 0.15) is 0 Å². The smallest absolute Gasteiger partial charge is 0.0662 e. The Balaban J connectivity index is 2.52. The van der Waals surface area contributed by atoms with Crippen LogP contribution in [0.5, 0.6) is 0 Å². The van der Waals surface area contributed by atoms with Gasteiger partial charge in [-0.2, -0.15) is 0 Å². The van der Waals surface area contributed by atoms with E-state index < -0.39 is 0 Å². The Kier molecular flexibility index (Phi) is 4.21. The molecular formula is C14H18Cl2N2. The normalized spacial score (nSPS) is 13.2. The summed E-state index contributed by atoms with van der Waals surface area (Å²) >= 11 is 12.3. The lowest BCUT2D eigenvalue weighted by Crippen LogP contribution is -2.19. The number of rotatable bonds is 4. The molecule has 4 heteroatoms. The predicted molar refractivity (Wildman–Crippen MR) is 79.8 cm³/mol. The third-order valence-corrected chi connectivity index (χ3v) is 3.71. The average molecular weight is 285 g/mol. The molecule has 1 aromatic heterocycles. The number of aromatic nitrogens is 1. The van der Waals surface area contributed by atoms with Crippen molar-refractivity contribution in [2.24, 2.45) is 0 Å². The van der Waals surface area contributed by atoms with Crippen molar-refractivity contribution in [2.75, 3.05) is 6.54 Å². The van der Waals surface area contributed by atoms with E-state index in [2.05, 4.69) is 31.1 Å². The van der Waals surface area contributed by atoms with Gasteiger partial charge in [0.25, 0.3) is 0 Å². The lowest BCUT2D eigenvalue weighted by molar-refractivity contribution is 0.571. The van der Waals surface area contributed by atoms with E-state index in [1.807, 2.05) is 6.07 Å². The lowest BCUT2D eigenvalue weighted by atomic mass is 10.0. The Labute approximate surface area is 118 Å². The minimum Gasteiger partial charge on any atom is -0.357 e. The zero-order valence-corrected chi connectivity index (χ0v) is 12.4. The van der Waals surface area contributed by atoms with Crippen LogP contribution in [0.2, 0.25) is 10.0 Å². The van der Waals surface area contributed by atoms with Crippen molar-refractivity contribution >= 4 is 34.1 Å². The molecule has 0 radical (unpaired) electrons. The number of aryl methyl sites for hydroxylation is 1. The lowest BCUT2D eigenvalue weighted by Gasteiger charge is -2.14. The Hall–Kier alpha value is -0.700. The van der Waals surface area contributed by atoms with E-state index in [4.69, 9.17) is 23.2 Å². The molecule has 1 heterocycles. The average Bonchev–Trinajstić information content (AvgIpc) is 2.63. The molecule has 0 fully saturated rings. The minimum absolute atomic E-state index is 0.285. The number of nitrogens with one attached hydrogen (secondary N) is 2. The molecule has 0 bridgehead atoms. The van der Waals surface area contributed by atoms with E-state index in [1.165, 1.54) is 5.56 Å². The second kappa shape index (κ2) is 5.52. The zero-order chi connectivity index (χ0) is 13.3. The Bertz CT molecular complexity index is 560. The van der Waals surface area contributed by atoms with Gasteiger partial charge < -0.3 is 10.3 Å². The first-order chi connectivity index (χ1) is 8.54. The highest BCUT2D eigenvalue weighted by Crippen LogP contribution is 2.34. The highest BCUT2D eigenvalue weighted by molar-refractivity contribution is 6.38. The number of halogens is 2. The highest BCUT2D eigenvalue weighted by atomic mass is 35.5. The largest absolute Gasteiger partial charge is 0.357 e. The molecule has 1 atom stereocenters. The quantitative estimate of drug-likeness (QED) is 0.826. The van der Waals surface area contributed by atoms with Crippen LogP contribution in [0.3, 0.4) is 0 Å². The molecule has 0 aliphatic carbocycles. The molecule has 2 rings (SSSR count). The van der Waals surface area contributed by atoms with Gasteiger partial charge in [-0.05, 0) is 44.5 Å². The van der Waals surface area contributed by atoms with Gasteiger partial charge in [0.05, 0.1) is 10.5 Å². The van der Waals surface area contributed by atoms with Crippen molar-refractivity contribution in [3.8, 4) is 0 Å². The highest BCUT2D eigenvalue weighted by Gasteiger charge is 2.16. The molecular weight excluding hydrogens is 267 g/mol. The molecule has 1 aromatic carbocycles. The van der Waals surface area contributed by atoms with Gasteiger partial charge in [0.2, 0.25) is 0 Å². The van der Waals surface area contributed by atoms with Crippen molar-refractivity contribution in [3.05, 3.63) is 33.4 Å². The molecule has 0 saturated carbocycles. The summed E-state index contributed by atoms with van der Waals surface area (Å²) in [6.45, 7) is 7.40. The molecule has 18 heavy (non-hydrogen) atoms. The molecule has 0 spiro atoms. The fourth-order valence-electron chi connectivity index (χ4n) is 2.39. The van der Waals surface area contributed by atoms with Crippen LogP contribution >= 0.6 is 23.2 Å². The van der Waals surface area contributed by atoms with Gasteiger partial charge in [-0.25, -0.2) is 0 Å². The first-order valence-corrected chi connectivity index (χ1v) is 7.00. The maximum Gasteiger partial charge on any atom is 0.0662 e. The predicted octanol–water partition coefficient (Wildman–Crippen LogP) is 4.84. The molecule has 2 nitrogen and oxygen atoms in total. The van der Waals surface area contributed by atoms with E-state index in [1.54, 1.807) is 6.07 Å². The number of hydrogen-bond acceptors (Lipinski definition) is 1. The molecule has 1 unspecified atom stereocenters. The van der Waals surface area contributed by atoms with E-state index in [0.717, 1.165) is 29.6 Å². The standard InChI is InChI=1S/C14H18Cl2N2/c1-4-5-17-8(2)13-9(3)18-14-11(13)6-10(15)7-12(14)16/h6-8,17-18H,4-5H2,1-3H3. The first kappa shape index (κ1) is 13.7. The van der Waals surface area contributed by atoms with E-state index >= 15 is 0 Å². The summed E-state index contributed by atoms with van der Waals surface area (Å²) in [5, 5.41) is 5.96. The number of benzene rings is 1. The van der Waals surface area contributed by atoms with Crippen molar-refractivity contribution in [2.45, 2.75) is 33.2 Å². The number of aromatic amines is 1. The van der Waals surface area contributed by atoms with Gasteiger partial charge in [-0.15, -0.1) is 0 Å². The van der Waals surface area contributed by atoms with Gasteiger partial charge >= 0.3 is 0 Å². The molecule has 98 valence electrons. The van der Waals surface area contributed by atoms with Crippen LogP contribution in [0.1, 0.15) is 37.6 Å². The first-order valence-electron chi connectivity index (χ1n) is 6.25. The van der Waals surface area contributed by atoms with Crippen molar-refractivity contribution in [1.82, 2.24) is 10.3 Å². The van der Waals surface area contributed by atoms with Gasteiger partial charge in [0, 0.05) is 22.1 Å². The van der Waals surface area contributed by atoms with Crippen LogP contribution < -0.4 is 5.32 Å². The van der Waals surface area contributed by atoms with E-state index in [9.17, 15) is 0 Å². The van der Waals surface area contributed by atoms with Crippen LogP contribution in [0.4, 0.5) is 0 Å². The molecule has 0 aliphatic heterocycles. The Morgan fingerprint density at radius 3 is 2.72 bits per heavy atom. The molecule has 0 saturated heterocycles. The fourth-order valence-corrected chi connectivity index (χ4v) is 2.93. The van der Waals surface area contributed by atoms with Gasteiger partial charge in [-0.3, -0.25) is 0 Å². The molecule has 0 amide bonds. The van der Waals surface area contributed by atoms with Crippen LogP contribution in [0.25, 0.3) is 10.9 Å². The number of hydrogen-bond donors (Lipinski definition) is 2. The molecule has 2 aromatic rings. The zero-order valence-electron chi connectivity index (χ0n) is 10.9. The summed E-state index contributed by atoms with van der Waals surface area (Å²) < 4.78 is 0.